The first kappa shape index (κ1) is 13.8. The minimum absolute atomic E-state index is 0.485. The molecule has 0 spiro atoms. The largest absolute Gasteiger partial charge is 0.129 e. The molecule has 0 nitrogen and oxygen atoms in total. The van der Waals surface area contributed by atoms with Crippen LogP contribution in [0.5, 0.6) is 0 Å². The Kier molecular flexibility index (Phi) is 4.78. The van der Waals surface area contributed by atoms with E-state index in [0.717, 1.165) is 0 Å². The molecule has 0 atom stereocenters. The van der Waals surface area contributed by atoms with E-state index < -0.39 is 8.07 Å². The van der Waals surface area contributed by atoms with Crippen LogP contribution in [0.4, 0.5) is 0 Å². The Hall–Kier alpha value is -1.26. The molecule has 1 aromatic rings. The molecule has 0 saturated heterocycles. The summed E-state index contributed by atoms with van der Waals surface area (Å²) < 4.78 is 0. The van der Waals surface area contributed by atoms with Crippen LogP contribution in [0.25, 0.3) is 6.08 Å². The molecule has 0 bridgehead atoms. The highest BCUT2D eigenvalue weighted by atomic mass is 28.3. The van der Waals surface area contributed by atoms with Gasteiger partial charge in [0.05, 0.1) is 0 Å². The van der Waals surface area contributed by atoms with Crippen molar-refractivity contribution >= 4 is 14.1 Å². The summed E-state index contributed by atoms with van der Waals surface area (Å²) in [6, 6.07) is 10.4. The fraction of sp³-hybridized carbons (Fsp3) is 0.375. The molecule has 17 heavy (non-hydrogen) atoms. The smallest absolute Gasteiger partial charge is 0.127 e. The molecule has 1 heteroatoms. The summed E-state index contributed by atoms with van der Waals surface area (Å²) in [5, 5.41) is 0. The zero-order chi connectivity index (χ0) is 12.9. The SMILES string of the molecule is CC(C)/C(C#C[Si](C)(C)C)=C\c1ccccc1. The van der Waals surface area contributed by atoms with Crippen LogP contribution in [0, 0.1) is 17.4 Å². The first-order chi connectivity index (χ1) is 7.88. The van der Waals surface area contributed by atoms with Gasteiger partial charge in [-0.25, -0.2) is 0 Å². The molecule has 0 aliphatic carbocycles. The second-order valence-corrected chi connectivity index (χ2v) is 10.4. The van der Waals surface area contributed by atoms with Crippen molar-refractivity contribution in [2.75, 3.05) is 0 Å². The lowest BCUT2D eigenvalue weighted by atomic mass is 10.0. The molecule has 0 N–H and O–H groups in total. The van der Waals surface area contributed by atoms with E-state index >= 15 is 0 Å². The highest BCUT2D eigenvalue weighted by Gasteiger charge is 2.08. The number of rotatable bonds is 2. The summed E-state index contributed by atoms with van der Waals surface area (Å²) in [5.74, 6) is 3.87. The Balaban J connectivity index is 3.02. The van der Waals surface area contributed by atoms with Gasteiger partial charge in [-0.3, -0.25) is 0 Å². The summed E-state index contributed by atoms with van der Waals surface area (Å²) in [6.45, 7) is 11.2. The van der Waals surface area contributed by atoms with E-state index in [1.807, 2.05) is 6.07 Å². The monoisotopic (exact) mass is 242 g/mol. The standard InChI is InChI=1S/C16H22Si/c1-14(2)16(11-12-17(3,4)5)13-15-9-7-6-8-10-15/h6-10,13-14H,1-5H3/b16-13-. The van der Waals surface area contributed by atoms with E-state index in [9.17, 15) is 0 Å². The van der Waals surface area contributed by atoms with E-state index in [0.29, 0.717) is 5.92 Å². The zero-order valence-electron chi connectivity index (χ0n) is 11.5. The van der Waals surface area contributed by atoms with Gasteiger partial charge in [0, 0.05) is 5.57 Å². The Labute approximate surface area is 107 Å². The topological polar surface area (TPSA) is 0 Å². The highest BCUT2D eigenvalue weighted by molar-refractivity contribution is 6.83. The minimum atomic E-state index is -1.29. The molecular weight excluding hydrogens is 220 g/mol. The third-order valence-electron chi connectivity index (χ3n) is 2.33. The summed E-state index contributed by atoms with van der Waals surface area (Å²) in [6.07, 6.45) is 2.21. The van der Waals surface area contributed by atoms with Crippen LogP contribution in [0.3, 0.4) is 0 Å². The summed E-state index contributed by atoms with van der Waals surface area (Å²) in [7, 11) is -1.29. The predicted octanol–water partition coefficient (Wildman–Crippen LogP) is 4.61. The summed E-state index contributed by atoms with van der Waals surface area (Å²) in [5.41, 5.74) is 5.92. The number of allylic oxidation sites excluding steroid dienone is 1. The van der Waals surface area contributed by atoms with E-state index in [-0.39, 0.29) is 0 Å². The maximum Gasteiger partial charge on any atom is 0.129 e. The van der Waals surface area contributed by atoms with Crippen molar-refractivity contribution in [3.8, 4) is 11.5 Å². The van der Waals surface area contributed by atoms with Crippen molar-refractivity contribution in [2.45, 2.75) is 33.5 Å². The maximum absolute atomic E-state index is 3.44. The molecular formula is C16H22Si. The molecule has 0 amide bonds. The number of hydrogen-bond acceptors (Lipinski definition) is 0. The third-order valence-corrected chi connectivity index (χ3v) is 3.20. The molecule has 1 aromatic carbocycles. The van der Waals surface area contributed by atoms with Gasteiger partial charge in [0.2, 0.25) is 0 Å². The normalized spacial score (nSPS) is 12.2. The summed E-state index contributed by atoms with van der Waals surface area (Å²) >= 11 is 0. The zero-order valence-corrected chi connectivity index (χ0v) is 12.5. The van der Waals surface area contributed by atoms with Gasteiger partial charge in [-0.1, -0.05) is 69.7 Å². The van der Waals surface area contributed by atoms with E-state index in [1.165, 1.54) is 11.1 Å². The molecule has 0 unspecified atom stereocenters. The van der Waals surface area contributed by atoms with E-state index in [1.54, 1.807) is 0 Å². The lowest BCUT2D eigenvalue weighted by molar-refractivity contribution is 0.804. The number of benzene rings is 1. The molecule has 1 rings (SSSR count). The van der Waals surface area contributed by atoms with Crippen molar-refractivity contribution < 1.29 is 0 Å². The van der Waals surface area contributed by atoms with Gasteiger partial charge >= 0.3 is 0 Å². The van der Waals surface area contributed by atoms with Crippen molar-refractivity contribution in [3.05, 3.63) is 41.5 Å². The van der Waals surface area contributed by atoms with E-state index in [4.69, 9.17) is 0 Å². The fourth-order valence-corrected chi connectivity index (χ4v) is 1.85. The van der Waals surface area contributed by atoms with Crippen LogP contribution < -0.4 is 0 Å². The third kappa shape index (κ3) is 5.56. The van der Waals surface area contributed by atoms with Crippen molar-refractivity contribution in [1.29, 1.82) is 0 Å². The first-order valence-electron chi connectivity index (χ1n) is 6.18. The molecule has 90 valence electrons. The average Bonchev–Trinajstić information content (AvgIpc) is 2.24. The van der Waals surface area contributed by atoms with E-state index in [2.05, 4.69) is 75.3 Å². The van der Waals surface area contributed by atoms with Gasteiger partial charge in [-0.05, 0) is 17.6 Å². The lowest BCUT2D eigenvalue weighted by Crippen LogP contribution is -2.16. The molecule has 0 saturated carbocycles. The Morgan fingerprint density at radius 3 is 2.18 bits per heavy atom. The van der Waals surface area contributed by atoms with Crippen LogP contribution in [-0.2, 0) is 0 Å². The highest BCUT2D eigenvalue weighted by Crippen LogP contribution is 2.14. The quantitative estimate of drug-likeness (QED) is 0.525. The average molecular weight is 242 g/mol. The molecule has 0 fully saturated rings. The number of hydrogen-bond donors (Lipinski definition) is 0. The van der Waals surface area contributed by atoms with Crippen LogP contribution in [-0.4, -0.2) is 8.07 Å². The molecule has 0 radical (unpaired) electrons. The van der Waals surface area contributed by atoms with Crippen LogP contribution >= 0.6 is 0 Å². The predicted molar refractivity (Wildman–Crippen MR) is 80.4 cm³/mol. The van der Waals surface area contributed by atoms with Gasteiger partial charge in [0.15, 0.2) is 0 Å². The summed E-state index contributed by atoms with van der Waals surface area (Å²) in [4.78, 5) is 0. The second-order valence-electron chi connectivity index (χ2n) is 5.67. The van der Waals surface area contributed by atoms with Crippen LogP contribution in [0.1, 0.15) is 19.4 Å². The Bertz CT molecular complexity index is 436. The van der Waals surface area contributed by atoms with Gasteiger partial charge < -0.3 is 0 Å². The van der Waals surface area contributed by atoms with Gasteiger partial charge in [0.25, 0.3) is 0 Å². The van der Waals surface area contributed by atoms with Gasteiger partial charge in [-0.15, -0.1) is 5.54 Å². The molecule has 0 aromatic heterocycles. The van der Waals surface area contributed by atoms with Gasteiger partial charge in [-0.2, -0.15) is 0 Å². The van der Waals surface area contributed by atoms with Crippen molar-refractivity contribution in [1.82, 2.24) is 0 Å². The van der Waals surface area contributed by atoms with Gasteiger partial charge in [0.1, 0.15) is 8.07 Å². The first-order valence-corrected chi connectivity index (χ1v) is 9.68. The Morgan fingerprint density at radius 1 is 1.12 bits per heavy atom. The maximum atomic E-state index is 3.44. The minimum Gasteiger partial charge on any atom is -0.127 e. The Morgan fingerprint density at radius 2 is 1.71 bits per heavy atom. The molecule has 0 aliphatic rings. The lowest BCUT2D eigenvalue weighted by Gasteiger charge is -2.07. The fourth-order valence-electron chi connectivity index (χ4n) is 1.34. The van der Waals surface area contributed by atoms with Crippen LogP contribution in [0.15, 0.2) is 35.9 Å². The van der Waals surface area contributed by atoms with Crippen LogP contribution in [0.2, 0.25) is 19.6 Å². The molecule has 0 aliphatic heterocycles. The molecule has 0 heterocycles. The van der Waals surface area contributed by atoms with Crippen molar-refractivity contribution in [3.63, 3.8) is 0 Å². The second kappa shape index (κ2) is 5.89. The van der Waals surface area contributed by atoms with Crippen molar-refractivity contribution in [2.24, 2.45) is 5.92 Å².